The van der Waals surface area contributed by atoms with E-state index < -0.39 is 19.8 Å². The van der Waals surface area contributed by atoms with Crippen molar-refractivity contribution in [2.45, 2.75) is 4.90 Å². The van der Waals surface area contributed by atoms with E-state index in [1.165, 1.54) is 4.90 Å². The Morgan fingerprint density at radius 1 is 1.44 bits per heavy atom. The van der Waals surface area contributed by atoms with Crippen LogP contribution in [0.3, 0.4) is 0 Å². The largest absolute Gasteiger partial charge is 0.368 e. The zero-order valence-electron chi connectivity index (χ0n) is 9.57. The molecule has 18 heavy (non-hydrogen) atoms. The van der Waals surface area contributed by atoms with Crippen molar-refractivity contribution in [1.29, 1.82) is 0 Å². The molecule has 0 saturated heterocycles. The SMILES string of the molecule is CN(C)C=NS(=O)(=O)c1cc([N+](=O)[O-])ccc1Cl. The minimum atomic E-state index is -4.05. The Hall–Kier alpha value is -1.67. The maximum Gasteiger partial charge on any atom is 0.285 e. The quantitative estimate of drug-likeness (QED) is 0.363. The van der Waals surface area contributed by atoms with Gasteiger partial charge in [-0.2, -0.15) is 8.42 Å². The fourth-order valence-corrected chi connectivity index (χ4v) is 2.44. The van der Waals surface area contributed by atoms with E-state index in [1.807, 2.05) is 0 Å². The van der Waals surface area contributed by atoms with Crippen LogP contribution in [0.1, 0.15) is 0 Å². The number of non-ortho nitro benzene ring substituents is 1. The van der Waals surface area contributed by atoms with E-state index in [0.29, 0.717) is 0 Å². The van der Waals surface area contributed by atoms with Crippen molar-refractivity contribution in [2.24, 2.45) is 4.40 Å². The molecule has 0 N–H and O–H groups in total. The zero-order chi connectivity index (χ0) is 13.9. The van der Waals surface area contributed by atoms with Crippen molar-refractivity contribution in [1.82, 2.24) is 4.90 Å². The minimum Gasteiger partial charge on any atom is -0.368 e. The smallest absolute Gasteiger partial charge is 0.285 e. The summed E-state index contributed by atoms with van der Waals surface area (Å²) < 4.78 is 27.0. The average Bonchev–Trinajstić information content (AvgIpc) is 2.26. The number of hydrogen-bond acceptors (Lipinski definition) is 4. The van der Waals surface area contributed by atoms with Gasteiger partial charge in [0, 0.05) is 26.2 Å². The lowest BCUT2D eigenvalue weighted by Crippen LogP contribution is -2.10. The van der Waals surface area contributed by atoms with Crippen LogP contribution in [0, 0.1) is 10.1 Å². The van der Waals surface area contributed by atoms with Crippen molar-refractivity contribution in [3.63, 3.8) is 0 Å². The summed E-state index contributed by atoms with van der Waals surface area (Å²) in [5, 5.41) is 10.5. The maximum atomic E-state index is 11.8. The molecular formula is C9H10ClN3O4S. The molecule has 0 spiro atoms. The van der Waals surface area contributed by atoms with Gasteiger partial charge in [-0.25, -0.2) is 0 Å². The fourth-order valence-electron chi connectivity index (χ4n) is 1.02. The molecule has 0 amide bonds. The summed E-state index contributed by atoms with van der Waals surface area (Å²) in [5.74, 6) is 0. The first-order chi connectivity index (χ1) is 8.24. The van der Waals surface area contributed by atoms with Gasteiger partial charge in [0.05, 0.1) is 9.95 Å². The lowest BCUT2D eigenvalue weighted by atomic mass is 10.3. The van der Waals surface area contributed by atoms with Crippen LogP contribution in [-0.2, 0) is 10.0 Å². The summed E-state index contributed by atoms with van der Waals surface area (Å²) in [6.45, 7) is 0. The van der Waals surface area contributed by atoms with Crippen LogP contribution in [0.5, 0.6) is 0 Å². The molecule has 0 heterocycles. The molecule has 1 aromatic carbocycles. The van der Waals surface area contributed by atoms with Gasteiger partial charge < -0.3 is 4.90 Å². The Labute approximate surface area is 109 Å². The average molecular weight is 292 g/mol. The molecule has 9 heteroatoms. The van der Waals surface area contributed by atoms with Crippen molar-refractivity contribution < 1.29 is 13.3 Å². The first kappa shape index (κ1) is 14.4. The third-order valence-corrected chi connectivity index (χ3v) is 3.53. The monoisotopic (exact) mass is 291 g/mol. The number of halogens is 1. The Balaban J connectivity index is 3.32. The molecule has 98 valence electrons. The van der Waals surface area contributed by atoms with Crippen LogP contribution in [0.4, 0.5) is 5.69 Å². The van der Waals surface area contributed by atoms with Gasteiger partial charge in [-0.05, 0) is 6.07 Å². The van der Waals surface area contributed by atoms with Crippen LogP contribution in [-0.4, -0.2) is 38.7 Å². The molecule has 0 aliphatic rings. The highest BCUT2D eigenvalue weighted by molar-refractivity contribution is 7.90. The topological polar surface area (TPSA) is 92.9 Å². The van der Waals surface area contributed by atoms with Crippen molar-refractivity contribution in [3.8, 4) is 0 Å². The van der Waals surface area contributed by atoms with Crippen LogP contribution >= 0.6 is 11.6 Å². The second-order valence-corrected chi connectivity index (χ2v) is 5.54. The number of nitrogens with zero attached hydrogens (tertiary/aromatic N) is 3. The van der Waals surface area contributed by atoms with Gasteiger partial charge in [0.25, 0.3) is 15.7 Å². The molecular weight excluding hydrogens is 282 g/mol. The lowest BCUT2D eigenvalue weighted by molar-refractivity contribution is -0.385. The van der Waals surface area contributed by atoms with Crippen molar-refractivity contribution >= 4 is 33.7 Å². The van der Waals surface area contributed by atoms with E-state index in [1.54, 1.807) is 14.1 Å². The molecule has 0 saturated carbocycles. The van der Waals surface area contributed by atoms with Gasteiger partial charge in [0.15, 0.2) is 0 Å². The predicted octanol–water partition coefficient (Wildman–Crippen LogP) is 1.53. The van der Waals surface area contributed by atoms with E-state index in [2.05, 4.69) is 4.40 Å². The van der Waals surface area contributed by atoms with Gasteiger partial charge in [-0.3, -0.25) is 10.1 Å². The fraction of sp³-hybridized carbons (Fsp3) is 0.222. The van der Waals surface area contributed by atoms with Crippen molar-refractivity contribution in [3.05, 3.63) is 33.3 Å². The van der Waals surface area contributed by atoms with Crippen LogP contribution in [0.25, 0.3) is 0 Å². The Morgan fingerprint density at radius 2 is 2.06 bits per heavy atom. The highest BCUT2D eigenvalue weighted by Gasteiger charge is 2.20. The minimum absolute atomic E-state index is 0.114. The second kappa shape index (κ2) is 5.32. The van der Waals surface area contributed by atoms with Gasteiger partial charge in [-0.15, -0.1) is 4.40 Å². The molecule has 0 atom stereocenters. The van der Waals surface area contributed by atoms with Gasteiger partial charge >= 0.3 is 0 Å². The number of hydrogen-bond donors (Lipinski definition) is 0. The molecule has 1 rings (SSSR count). The van der Waals surface area contributed by atoms with E-state index in [-0.39, 0.29) is 10.7 Å². The standard InChI is InChI=1S/C9H10ClN3O4S/c1-12(2)6-11-18(16,17)9-5-7(13(14)15)3-4-8(9)10/h3-6H,1-2H3. The highest BCUT2D eigenvalue weighted by atomic mass is 35.5. The van der Waals surface area contributed by atoms with Crippen LogP contribution in [0.15, 0.2) is 27.5 Å². The molecule has 0 fully saturated rings. The molecule has 7 nitrogen and oxygen atoms in total. The third-order valence-electron chi connectivity index (χ3n) is 1.82. The maximum absolute atomic E-state index is 11.8. The first-order valence-electron chi connectivity index (χ1n) is 4.65. The summed E-state index contributed by atoms with van der Waals surface area (Å²) in [5.41, 5.74) is -0.363. The predicted molar refractivity (Wildman–Crippen MR) is 67.5 cm³/mol. The van der Waals surface area contributed by atoms with Gasteiger partial charge in [0.1, 0.15) is 11.2 Å². The number of nitro groups is 1. The summed E-state index contributed by atoms with van der Waals surface area (Å²) in [6, 6.07) is 3.15. The molecule has 0 aliphatic heterocycles. The first-order valence-corrected chi connectivity index (χ1v) is 6.46. The van der Waals surface area contributed by atoms with Gasteiger partial charge in [-0.1, -0.05) is 11.6 Å². The van der Waals surface area contributed by atoms with Crippen LogP contribution < -0.4 is 0 Å². The van der Waals surface area contributed by atoms with E-state index in [9.17, 15) is 18.5 Å². The molecule has 1 aromatic rings. The summed E-state index contributed by atoms with van der Waals surface area (Å²) in [4.78, 5) is 10.9. The van der Waals surface area contributed by atoms with Crippen LogP contribution in [0.2, 0.25) is 5.02 Å². The normalized spacial score (nSPS) is 11.7. The van der Waals surface area contributed by atoms with Crippen molar-refractivity contribution in [2.75, 3.05) is 14.1 Å². The summed E-state index contributed by atoms with van der Waals surface area (Å²) in [6.07, 6.45) is 1.07. The molecule has 0 aliphatic carbocycles. The molecule has 0 unspecified atom stereocenters. The van der Waals surface area contributed by atoms with Gasteiger partial charge in [0.2, 0.25) is 0 Å². The van der Waals surface area contributed by atoms with E-state index >= 15 is 0 Å². The number of benzene rings is 1. The Morgan fingerprint density at radius 3 is 2.56 bits per heavy atom. The molecule has 0 radical (unpaired) electrons. The summed E-state index contributed by atoms with van der Waals surface area (Å²) in [7, 11) is -0.868. The second-order valence-electron chi connectivity index (χ2n) is 3.53. The molecule has 0 aromatic heterocycles. The third kappa shape index (κ3) is 3.41. The number of nitro benzene ring substituents is 1. The number of sulfonamides is 1. The Kier molecular flexibility index (Phi) is 4.25. The zero-order valence-corrected chi connectivity index (χ0v) is 11.1. The van der Waals surface area contributed by atoms with E-state index in [0.717, 1.165) is 24.5 Å². The lowest BCUT2D eigenvalue weighted by Gasteiger charge is -2.04. The highest BCUT2D eigenvalue weighted by Crippen LogP contribution is 2.27. The van der Waals surface area contributed by atoms with E-state index in [4.69, 9.17) is 11.6 Å². The molecule has 0 bridgehead atoms. The number of rotatable bonds is 4. The Bertz CT molecular complexity index is 598. The summed E-state index contributed by atoms with van der Waals surface area (Å²) >= 11 is 5.71.